The van der Waals surface area contributed by atoms with Gasteiger partial charge in [0.15, 0.2) is 0 Å². The van der Waals surface area contributed by atoms with Gasteiger partial charge in [-0.15, -0.1) is 11.3 Å². The fourth-order valence-corrected chi connectivity index (χ4v) is 4.11. The summed E-state index contributed by atoms with van der Waals surface area (Å²) < 4.78 is 0. The molecule has 25 heavy (non-hydrogen) atoms. The number of hydrogen-bond acceptors (Lipinski definition) is 4. The molecule has 0 fully saturated rings. The fraction of sp³-hybridized carbons (Fsp3) is 0.0526. The number of rotatable bonds is 3. The minimum absolute atomic E-state index is 0.225. The molecule has 0 saturated heterocycles. The molecular formula is C19H13Cl2N3S. The number of anilines is 2. The summed E-state index contributed by atoms with van der Waals surface area (Å²) >= 11 is 13.8. The topological polar surface area (TPSA) is 37.8 Å². The van der Waals surface area contributed by atoms with Crippen LogP contribution in [-0.4, -0.2) is 9.97 Å². The molecule has 0 amide bonds. The van der Waals surface area contributed by atoms with E-state index < -0.39 is 0 Å². The van der Waals surface area contributed by atoms with Crippen molar-refractivity contribution in [3.8, 4) is 10.4 Å². The zero-order chi connectivity index (χ0) is 17.4. The third kappa shape index (κ3) is 3.33. The second kappa shape index (κ2) is 6.64. The Balaban J connectivity index is 1.82. The van der Waals surface area contributed by atoms with Gasteiger partial charge in [0.1, 0.15) is 10.6 Å². The molecule has 0 saturated carbocycles. The minimum atomic E-state index is 0.225. The van der Waals surface area contributed by atoms with Gasteiger partial charge in [0.05, 0.1) is 5.39 Å². The van der Waals surface area contributed by atoms with E-state index in [1.54, 1.807) is 11.3 Å². The van der Waals surface area contributed by atoms with Crippen LogP contribution >= 0.6 is 34.5 Å². The van der Waals surface area contributed by atoms with Gasteiger partial charge >= 0.3 is 0 Å². The lowest BCUT2D eigenvalue weighted by molar-refractivity contribution is 1.23. The number of thiophene rings is 1. The van der Waals surface area contributed by atoms with Crippen LogP contribution in [-0.2, 0) is 0 Å². The van der Waals surface area contributed by atoms with Crippen LogP contribution in [0.25, 0.3) is 20.7 Å². The van der Waals surface area contributed by atoms with Crippen molar-refractivity contribution in [2.24, 2.45) is 0 Å². The van der Waals surface area contributed by atoms with E-state index in [1.165, 1.54) is 0 Å². The van der Waals surface area contributed by atoms with Crippen LogP contribution in [0.4, 0.5) is 11.5 Å². The molecule has 3 nitrogen and oxygen atoms in total. The Labute approximate surface area is 159 Å². The zero-order valence-electron chi connectivity index (χ0n) is 13.3. The molecule has 0 bridgehead atoms. The van der Waals surface area contributed by atoms with Crippen molar-refractivity contribution in [3.63, 3.8) is 0 Å². The minimum Gasteiger partial charge on any atom is -0.339 e. The summed E-state index contributed by atoms with van der Waals surface area (Å²) in [6.45, 7) is 2.00. The highest BCUT2D eigenvalue weighted by molar-refractivity contribution is 7.22. The lowest BCUT2D eigenvalue weighted by atomic mass is 10.1. The SMILES string of the molecule is Cc1cc(Cl)ccc1Nc1nc(Cl)nc2sc(-c3ccccc3)cc12. The highest BCUT2D eigenvalue weighted by atomic mass is 35.5. The summed E-state index contributed by atoms with van der Waals surface area (Å²) in [7, 11) is 0. The molecule has 2 aromatic heterocycles. The average molecular weight is 386 g/mol. The van der Waals surface area contributed by atoms with Crippen LogP contribution in [0, 0.1) is 6.92 Å². The van der Waals surface area contributed by atoms with Gasteiger partial charge in [-0.2, -0.15) is 4.98 Å². The van der Waals surface area contributed by atoms with E-state index in [0.29, 0.717) is 10.8 Å². The number of nitrogens with zero attached hydrogens (tertiary/aromatic N) is 2. The van der Waals surface area contributed by atoms with E-state index in [1.807, 2.05) is 43.3 Å². The lowest BCUT2D eigenvalue weighted by Crippen LogP contribution is -1.97. The molecule has 4 rings (SSSR count). The molecular weight excluding hydrogens is 373 g/mol. The lowest BCUT2D eigenvalue weighted by Gasteiger charge is -2.10. The molecule has 124 valence electrons. The first kappa shape index (κ1) is 16.3. The van der Waals surface area contributed by atoms with Crippen molar-refractivity contribution in [1.82, 2.24) is 9.97 Å². The summed E-state index contributed by atoms with van der Waals surface area (Å²) in [6.07, 6.45) is 0. The van der Waals surface area contributed by atoms with Crippen molar-refractivity contribution in [1.29, 1.82) is 0 Å². The van der Waals surface area contributed by atoms with Crippen LogP contribution in [0.15, 0.2) is 54.6 Å². The van der Waals surface area contributed by atoms with Gasteiger partial charge < -0.3 is 5.32 Å². The average Bonchev–Trinajstić information content (AvgIpc) is 3.02. The molecule has 4 aromatic rings. The largest absolute Gasteiger partial charge is 0.339 e. The fourth-order valence-electron chi connectivity index (χ4n) is 2.63. The van der Waals surface area contributed by atoms with Crippen molar-refractivity contribution in [2.45, 2.75) is 6.92 Å². The monoisotopic (exact) mass is 385 g/mol. The third-order valence-corrected chi connectivity index (χ3v) is 5.35. The van der Waals surface area contributed by atoms with Crippen LogP contribution in [0.3, 0.4) is 0 Å². The highest BCUT2D eigenvalue weighted by Crippen LogP contribution is 2.37. The Kier molecular flexibility index (Phi) is 4.34. The number of nitrogens with one attached hydrogen (secondary N) is 1. The standard InChI is InChI=1S/C19H13Cl2N3S/c1-11-9-13(20)7-8-15(11)22-17-14-10-16(12-5-3-2-4-6-12)25-18(14)24-19(21)23-17/h2-10H,1H3,(H,22,23,24). The van der Waals surface area contributed by atoms with E-state index in [0.717, 1.165) is 31.9 Å². The number of halogens is 2. The number of hydrogen-bond donors (Lipinski definition) is 1. The first-order valence-electron chi connectivity index (χ1n) is 7.66. The van der Waals surface area contributed by atoms with Gasteiger partial charge in [-0.25, -0.2) is 4.98 Å². The molecule has 0 aliphatic heterocycles. The molecule has 0 spiro atoms. The van der Waals surface area contributed by atoms with Crippen molar-refractivity contribution < 1.29 is 0 Å². The molecule has 1 N–H and O–H groups in total. The van der Waals surface area contributed by atoms with Gasteiger partial charge in [0, 0.05) is 15.6 Å². The summed E-state index contributed by atoms with van der Waals surface area (Å²) in [4.78, 5) is 10.7. The van der Waals surface area contributed by atoms with Gasteiger partial charge in [-0.1, -0.05) is 41.9 Å². The summed E-state index contributed by atoms with van der Waals surface area (Å²) in [5, 5.41) is 5.24. The molecule has 0 unspecified atom stereocenters. The van der Waals surface area contributed by atoms with E-state index in [4.69, 9.17) is 23.2 Å². The van der Waals surface area contributed by atoms with Crippen LogP contribution in [0.1, 0.15) is 5.56 Å². The normalized spacial score (nSPS) is 11.0. The van der Waals surface area contributed by atoms with Gasteiger partial charge in [-0.05, 0) is 53.9 Å². The predicted molar refractivity (Wildman–Crippen MR) is 107 cm³/mol. The van der Waals surface area contributed by atoms with Crippen LogP contribution in [0.2, 0.25) is 10.3 Å². The highest BCUT2D eigenvalue weighted by Gasteiger charge is 2.13. The molecule has 0 atom stereocenters. The van der Waals surface area contributed by atoms with Crippen LogP contribution in [0.5, 0.6) is 0 Å². The maximum atomic E-state index is 6.13. The quantitative estimate of drug-likeness (QED) is 0.397. The maximum Gasteiger partial charge on any atom is 0.225 e. The smallest absolute Gasteiger partial charge is 0.225 e. The number of fused-ring (bicyclic) bond motifs is 1. The molecule has 0 aliphatic rings. The second-order valence-corrected chi connectivity index (χ2v) is 7.43. The Bertz CT molecular complexity index is 1060. The Morgan fingerprint density at radius 3 is 2.52 bits per heavy atom. The van der Waals surface area contributed by atoms with E-state index in [2.05, 4.69) is 33.5 Å². The Hall–Kier alpha value is -2.14. The first-order valence-corrected chi connectivity index (χ1v) is 9.23. The second-order valence-electron chi connectivity index (χ2n) is 5.62. The zero-order valence-corrected chi connectivity index (χ0v) is 15.6. The molecule has 6 heteroatoms. The maximum absolute atomic E-state index is 6.13. The van der Waals surface area contributed by atoms with E-state index in [9.17, 15) is 0 Å². The van der Waals surface area contributed by atoms with Crippen molar-refractivity contribution in [3.05, 3.63) is 70.5 Å². The number of benzene rings is 2. The molecule has 2 aromatic carbocycles. The Morgan fingerprint density at radius 2 is 1.76 bits per heavy atom. The third-order valence-electron chi connectivity index (χ3n) is 3.87. The Morgan fingerprint density at radius 1 is 0.960 bits per heavy atom. The number of aryl methyl sites for hydroxylation is 1. The molecule has 2 heterocycles. The van der Waals surface area contributed by atoms with Gasteiger partial charge in [0.25, 0.3) is 0 Å². The molecule has 0 radical (unpaired) electrons. The summed E-state index contributed by atoms with van der Waals surface area (Å²) in [5.41, 5.74) is 3.12. The first-order chi connectivity index (χ1) is 12.1. The summed E-state index contributed by atoms with van der Waals surface area (Å²) in [6, 6.07) is 18.0. The predicted octanol–water partition coefficient (Wildman–Crippen LogP) is 6.72. The van der Waals surface area contributed by atoms with Crippen molar-refractivity contribution in [2.75, 3.05) is 5.32 Å². The van der Waals surface area contributed by atoms with Crippen molar-refractivity contribution >= 4 is 56.3 Å². The van der Waals surface area contributed by atoms with Crippen LogP contribution < -0.4 is 5.32 Å². The number of aromatic nitrogens is 2. The summed E-state index contributed by atoms with van der Waals surface area (Å²) in [5.74, 6) is 0.693. The van der Waals surface area contributed by atoms with E-state index in [-0.39, 0.29) is 5.28 Å². The van der Waals surface area contributed by atoms with E-state index >= 15 is 0 Å². The van der Waals surface area contributed by atoms with Gasteiger partial charge in [-0.3, -0.25) is 0 Å². The van der Waals surface area contributed by atoms with Gasteiger partial charge in [0.2, 0.25) is 5.28 Å². The molecule has 0 aliphatic carbocycles.